The maximum atomic E-state index is 12.9. The van der Waals surface area contributed by atoms with Crippen LogP contribution in [0.15, 0.2) is 12.1 Å². The number of halogens is 3. The normalized spacial score (nSPS) is 16.3. The fourth-order valence-corrected chi connectivity index (χ4v) is 2.45. The first-order valence-electron chi connectivity index (χ1n) is 7.74. The van der Waals surface area contributed by atoms with Gasteiger partial charge in [-0.05, 0) is 39.8 Å². The number of ether oxygens (including phenoxy) is 1. The van der Waals surface area contributed by atoms with Crippen LogP contribution in [-0.2, 0) is 10.9 Å². The van der Waals surface area contributed by atoms with Crippen LogP contribution in [0, 0.1) is 6.92 Å². The minimum Gasteiger partial charge on any atom is -0.444 e. The maximum absolute atomic E-state index is 12.9. The van der Waals surface area contributed by atoms with Crippen molar-refractivity contribution in [1.29, 1.82) is 0 Å². The number of rotatable bonds is 1. The van der Waals surface area contributed by atoms with Gasteiger partial charge in [0.1, 0.15) is 11.3 Å². The van der Waals surface area contributed by atoms with Crippen molar-refractivity contribution in [3.05, 3.63) is 23.5 Å². The number of carbonyl (C=O) groups is 1. The minimum absolute atomic E-state index is 0.314. The van der Waals surface area contributed by atoms with Gasteiger partial charge >= 0.3 is 12.3 Å². The Hall–Kier alpha value is -1.99. The van der Waals surface area contributed by atoms with Crippen molar-refractivity contribution in [2.75, 3.05) is 31.1 Å². The van der Waals surface area contributed by atoms with E-state index in [0.717, 1.165) is 6.07 Å². The molecule has 1 amide bonds. The third kappa shape index (κ3) is 4.75. The van der Waals surface area contributed by atoms with Gasteiger partial charge in [-0.15, -0.1) is 0 Å². The van der Waals surface area contributed by atoms with Gasteiger partial charge in [0.25, 0.3) is 0 Å². The first-order chi connectivity index (χ1) is 11.0. The lowest BCUT2D eigenvalue weighted by molar-refractivity contribution is -0.141. The molecule has 8 heteroatoms. The second-order valence-electron chi connectivity index (χ2n) is 6.80. The van der Waals surface area contributed by atoms with Crippen molar-refractivity contribution in [2.24, 2.45) is 0 Å². The lowest BCUT2D eigenvalue weighted by Crippen LogP contribution is -2.50. The Labute approximate surface area is 139 Å². The van der Waals surface area contributed by atoms with Crippen LogP contribution in [0.2, 0.25) is 0 Å². The largest absolute Gasteiger partial charge is 0.444 e. The van der Waals surface area contributed by atoms with E-state index in [1.165, 1.54) is 6.92 Å². The van der Waals surface area contributed by atoms with Crippen molar-refractivity contribution in [2.45, 2.75) is 39.5 Å². The summed E-state index contributed by atoms with van der Waals surface area (Å²) in [5, 5.41) is 0. The molecule has 0 unspecified atom stereocenters. The van der Waals surface area contributed by atoms with E-state index in [0.29, 0.717) is 37.6 Å². The van der Waals surface area contributed by atoms with Gasteiger partial charge in [-0.1, -0.05) is 0 Å². The molecule has 24 heavy (non-hydrogen) atoms. The Morgan fingerprint density at radius 2 is 1.71 bits per heavy atom. The standard InChI is InChI=1S/C16H22F3N3O2/c1-11-9-12(10-13(20-11)16(17,18)19)21-5-7-22(8-6-21)14(23)24-15(2,3)4/h9-10H,5-8H2,1-4H3. The summed E-state index contributed by atoms with van der Waals surface area (Å²) in [5.74, 6) is 0. The Morgan fingerprint density at radius 3 is 2.21 bits per heavy atom. The maximum Gasteiger partial charge on any atom is 0.433 e. The monoisotopic (exact) mass is 345 g/mol. The summed E-state index contributed by atoms with van der Waals surface area (Å²) in [6.45, 7) is 8.60. The molecular formula is C16H22F3N3O2. The highest BCUT2D eigenvalue weighted by molar-refractivity contribution is 5.68. The topological polar surface area (TPSA) is 45.7 Å². The molecule has 1 aromatic rings. The van der Waals surface area contributed by atoms with Crippen LogP contribution in [-0.4, -0.2) is 47.8 Å². The molecule has 0 radical (unpaired) electrons. The van der Waals surface area contributed by atoms with Gasteiger partial charge in [-0.3, -0.25) is 0 Å². The number of hydrogen-bond acceptors (Lipinski definition) is 4. The van der Waals surface area contributed by atoms with Gasteiger partial charge in [-0.25, -0.2) is 9.78 Å². The Balaban J connectivity index is 2.05. The number of piperazine rings is 1. The van der Waals surface area contributed by atoms with Gasteiger partial charge in [0, 0.05) is 37.6 Å². The number of amides is 1. The van der Waals surface area contributed by atoms with Gasteiger partial charge < -0.3 is 14.5 Å². The van der Waals surface area contributed by atoms with E-state index >= 15 is 0 Å². The van der Waals surface area contributed by atoms with Crippen LogP contribution < -0.4 is 4.90 Å². The minimum atomic E-state index is -4.47. The summed E-state index contributed by atoms with van der Waals surface area (Å²) in [7, 11) is 0. The lowest BCUT2D eigenvalue weighted by Gasteiger charge is -2.37. The lowest BCUT2D eigenvalue weighted by atomic mass is 10.2. The molecule has 0 saturated carbocycles. The molecule has 0 bridgehead atoms. The third-order valence-corrected chi connectivity index (χ3v) is 3.53. The number of anilines is 1. The van der Waals surface area contributed by atoms with Crippen molar-refractivity contribution in [3.8, 4) is 0 Å². The molecule has 2 rings (SSSR count). The quantitative estimate of drug-likeness (QED) is 0.782. The Morgan fingerprint density at radius 1 is 1.12 bits per heavy atom. The van der Waals surface area contributed by atoms with E-state index in [-0.39, 0.29) is 0 Å². The molecule has 0 spiro atoms. The average Bonchev–Trinajstić information content (AvgIpc) is 2.44. The van der Waals surface area contributed by atoms with Crippen LogP contribution in [0.5, 0.6) is 0 Å². The zero-order valence-corrected chi connectivity index (χ0v) is 14.3. The van der Waals surface area contributed by atoms with E-state index in [4.69, 9.17) is 4.74 Å². The third-order valence-electron chi connectivity index (χ3n) is 3.53. The Kier molecular flexibility index (Phi) is 4.96. The number of nitrogens with zero attached hydrogens (tertiary/aromatic N) is 3. The van der Waals surface area contributed by atoms with Crippen LogP contribution in [0.25, 0.3) is 0 Å². The molecule has 134 valence electrons. The summed E-state index contributed by atoms with van der Waals surface area (Å²) >= 11 is 0. The van der Waals surface area contributed by atoms with Gasteiger partial charge in [0.15, 0.2) is 0 Å². The van der Waals surface area contributed by atoms with Gasteiger partial charge in [-0.2, -0.15) is 13.2 Å². The van der Waals surface area contributed by atoms with Crippen molar-refractivity contribution in [3.63, 3.8) is 0 Å². The molecule has 5 nitrogen and oxygen atoms in total. The summed E-state index contributed by atoms with van der Waals surface area (Å²) in [6.07, 6.45) is -4.87. The molecular weight excluding hydrogens is 323 g/mol. The van der Waals surface area contributed by atoms with Crippen LogP contribution in [0.1, 0.15) is 32.2 Å². The molecule has 0 atom stereocenters. The molecule has 1 aliphatic rings. The average molecular weight is 345 g/mol. The fraction of sp³-hybridized carbons (Fsp3) is 0.625. The van der Waals surface area contributed by atoms with Gasteiger partial charge in [0.05, 0.1) is 0 Å². The number of aromatic nitrogens is 1. The molecule has 1 aromatic heterocycles. The molecule has 1 saturated heterocycles. The molecule has 0 aromatic carbocycles. The fourth-order valence-electron chi connectivity index (χ4n) is 2.45. The zero-order chi connectivity index (χ0) is 18.1. The summed E-state index contributed by atoms with van der Waals surface area (Å²) in [5.41, 5.74) is -0.682. The molecule has 0 aliphatic carbocycles. The molecule has 0 N–H and O–H groups in total. The van der Waals surface area contributed by atoms with E-state index in [1.54, 1.807) is 31.7 Å². The van der Waals surface area contributed by atoms with E-state index in [1.807, 2.05) is 4.90 Å². The van der Waals surface area contributed by atoms with Crippen LogP contribution in [0.4, 0.5) is 23.7 Å². The van der Waals surface area contributed by atoms with Gasteiger partial charge in [0.2, 0.25) is 0 Å². The zero-order valence-electron chi connectivity index (χ0n) is 14.3. The second-order valence-corrected chi connectivity index (χ2v) is 6.80. The molecule has 1 aliphatic heterocycles. The Bertz CT molecular complexity index is 604. The number of carbonyl (C=O) groups excluding carboxylic acids is 1. The number of aryl methyl sites for hydroxylation is 1. The highest BCUT2D eigenvalue weighted by Crippen LogP contribution is 2.31. The van der Waals surface area contributed by atoms with E-state index in [2.05, 4.69) is 4.98 Å². The summed E-state index contributed by atoms with van der Waals surface area (Å²) in [4.78, 5) is 19.0. The highest BCUT2D eigenvalue weighted by Gasteiger charge is 2.34. The van der Waals surface area contributed by atoms with E-state index < -0.39 is 23.6 Å². The predicted molar refractivity (Wildman–Crippen MR) is 84.0 cm³/mol. The van der Waals surface area contributed by atoms with Crippen molar-refractivity contribution < 1.29 is 22.7 Å². The van der Waals surface area contributed by atoms with Crippen LogP contribution >= 0.6 is 0 Å². The molecule has 2 heterocycles. The SMILES string of the molecule is Cc1cc(N2CCN(C(=O)OC(C)(C)C)CC2)cc(C(F)(F)F)n1. The number of hydrogen-bond donors (Lipinski definition) is 0. The van der Waals surface area contributed by atoms with Crippen LogP contribution in [0.3, 0.4) is 0 Å². The number of pyridine rings is 1. The summed E-state index contributed by atoms with van der Waals surface area (Å²) in [6, 6.07) is 2.68. The molecule has 1 fully saturated rings. The van der Waals surface area contributed by atoms with Crippen molar-refractivity contribution in [1.82, 2.24) is 9.88 Å². The van der Waals surface area contributed by atoms with E-state index in [9.17, 15) is 18.0 Å². The first-order valence-corrected chi connectivity index (χ1v) is 7.74. The smallest absolute Gasteiger partial charge is 0.433 e. The van der Waals surface area contributed by atoms with Crippen molar-refractivity contribution >= 4 is 11.8 Å². The number of alkyl halides is 3. The predicted octanol–water partition coefficient (Wildman–Crippen LogP) is 3.47. The first kappa shape index (κ1) is 18.4. The summed E-state index contributed by atoms with van der Waals surface area (Å²) < 4.78 is 44.0. The highest BCUT2D eigenvalue weighted by atomic mass is 19.4. The second kappa shape index (κ2) is 6.49.